The maximum atomic E-state index is 12.8. The van der Waals surface area contributed by atoms with Crippen LogP contribution in [0, 0.1) is 6.92 Å². The lowest BCUT2D eigenvalue weighted by molar-refractivity contribution is -0.115. The summed E-state index contributed by atoms with van der Waals surface area (Å²) in [4.78, 5) is 25.2. The van der Waals surface area contributed by atoms with Gasteiger partial charge in [0.05, 0.1) is 5.25 Å². The van der Waals surface area contributed by atoms with Crippen LogP contribution in [0.5, 0.6) is 0 Å². The second-order valence-electron chi connectivity index (χ2n) is 7.56. The topological polar surface area (TPSA) is 70.2 Å². The predicted octanol–water partition coefficient (Wildman–Crippen LogP) is 6.52. The summed E-state index contributed by atoms with van der Waals surface area (Å²) in [6.45, 7) is 5.52. The number of benzene rings is 3. The minimum Gasteiger partial charge on any atom is -0.332 e. The molecule has 0 fully saturated rings. The minimum atomic E-state index is -0.218. The average molecular weight is 478 g/mol. The van der Waals surface area contributed by atoms with Crippen LogP contribution in [-0.2, 0) is 4.79 Å². The monoisotopic (exact) mass is 477 g/mol. The zero-order valence-corrected chi connectivity index (χ0v) is 20.5. The fourth-order valence-corrected chi connectivity index (χ4v) is 4.39. The van der Waals surface area contributed by atoms with Gasteiger partial charge < -0.3 is 16.0 Å². The van der Waals surface area contributed by atoms with Crippen LogP contribution >= 0.6 is 24.0 Å². The molecule has 7 heteroatoms. The van der Waals surface area contributed by atoms with Crippen molar-refractivity contribution < 1.29 is 9.59 Å². The number of para-hydroxylation sites is 1. The zero-order chi connectivity index (χ0) is 23.8. The summed E-state index contributed by atoms with van der Waals surface area (Å²) >= 11 is 6.95. The molecule has 1 unspecified atom stereocenters. The molecule has 170 valence electrons. The Kier molecular flexibility index (Phi) is 8.63. The number of carbonyl (C=O) groups is 2. The van der Waals surface area contributed by atoms with E-state index in [9.17, 15) is 9.59 Å². The van der Waals surface area contributed by atoms with E-state index < -0.39 is 0 Å². The van der Waals surface area contributed by atoms with E-state index in [2.05, 4.69) is 16.0 Å². The Morgan fingerprint density at radius 2 is 1.61 bits per heavy atom. The first-order valence-corrected chi connectivity index (χ1v) is 12.0. The van der Waals surface area contributed by atoms with Crippen LogP contribution in [0.25, 0.3) is 0 Å². The fraction of sp³-hybridized carbons (Fsp3) is 0.192. The molecule has 0 saturated heterocycles. The van der Waals surface area contributed by atoms with E-state index in [1.807, 2.05) is 74.5 Å². The van der Waals surface area contributed by atoms with Crippen molar-refractivity contribution in [1.29, 1.82) is 0 Å². The van der Waals surface area contributed by atoms with Gasteiger partial charge in [-0.05, 0) is 86.6 Å². The Hall–Kier alpha value is -3.16. The summed E-state index contributed by atoms with van der Waals surface area (Å²) in [5.41, 5.74) is 4.15. The first-order chi connectivity index (χ1) is 15.9. The first-order valence-electron chi connectivity index (χ1n) is 10.7. The van der Waals surface area contributed by atoms with Crippen molar-refractivity contribution in [2.45, 2.75) is 37.3 Å². The molecule has 33 heavy (non-hydrogen) atoms. The molecule has 0 bridgehead atoms. The summed E-state index contributed by atoms with van der Waals surface area (Å²) in [5.74, 6) is 0.0101. The summed E-state index contributed by atoms with van der Waals surface area (Å²) < 4.78 is 0. The highest BCUT2D eigenvalue weighted by atomic mass is 32.2. The fourth-order valence-electron chi connectivity index (χ4n) is 3.14. The molecule has 3 aromatic carbocycles. The number of thioether (sulfide) groups is 1. The van der Waals surface area contributed by atoms with Gasteiger partial charge in [0.2, 0.25) is 5.91 Å². The third-order valence-corrected chi connectivity index (χ3v) is 6.55. The Bertz CT molecular complexity index is 1150. The van der Waals surface area contributed by atoms with Crippen molar-refractivity contribution in [2.75, 3.05) is 16.0 Å². The van der Waals surface area contributed by atoms with Crippen molar-refractivity contribution in [3.05, 3.63) is 83.9 Å². The maximum Gasteiger partial charge on any atom is 0.237 e. The van der Waals surface area contributed by atoms with Gasteiger partial charge in [0, 0.05) is 27.5 Å². The quantitative estimate of drug-likeness (QED) is 0.195. The van der Waals surface area contributed by atoms with E-state index in [0.29, 0.717) is 17.1 Å². The van der Waals surface area contributed by atoms with Gasteiger partial charge in [-0.25, -0.2) is 0 Å². The molecule has 3 rings (SSSR count). The Balaban J connectivity index is 1.60. The van der Waals surface area contributed by atoms with Crippen LogP contribution in [-0.4, -0.2) is 22.1 Å². The highest BCUT2D eigenvalue weighted by Gasteiger charge is 2.19. The number of Topliss-reactive ketones (excluding diaryl/α,β-unsaturated/α-hetero) is 1. The molecule has 0 radical (unpaired) electrons. The maximum absolute atomic E-state index is 12.8. The number of nitrogens with one attached hydrogen (secondary N) is 3. The average Bonchev–Trinajstić information content (AvgIpc) is 2.79. The first kappa shape index (κ1) is 24.5. The number of thiocarbonyl (C=S) groups is 1. The molecule has 0 spiro atoms. The van der Waals surface area contributed by atoms with Crippen molar-refractivity contribution in [1.82, 2.24) is 0 Å². The van der Waals surface area contributed by atoms with E-state index in [4.69, 9.17) is 12.2 Å². The molecule has 3 N–H and O–H groups in total. The molecule has 0 aromatic heterocycles. The van der Waals surface area contributed by atoms with Gasteiger partial charge in [-0.3, -0.25) is 9.59 Å². The molecule has 1 atom stereocenters. The third kappa shape index (κ3) is 7.17. The summed E-state index contributed by atoms with van der Waals surface area (Å²) in [5, 5.41) is 9.56. The second-order valence-corrected chi connectivity index (χ2v) is 9.24. The number of hydrogen-bond acceptors (Lipinski definition) is 4. The van der Waals surface area contributed by atoms with Gasteiger partial charge in [0.25, 0.3) is 0 Å². The predicted molar refractivity (Wildman–Crippen MR) is 142 cm³/mol. The van der Waals surface area contributed by atoms with Gasteiger partial charge >= 0.3 is 0 Å². The molecule has 1 amide bonds. The number of rotatable bonds is 8. The van der Waals surface area contributed by atoms with Crippen LogP contribution in [0.15, 0.2) is 77.7 Å². The number of anilines is 3. The van der Waals surface area contributed by atoms with Crippen LogP contribution in [0.3, 0.4) is 0 Å². The van der Waals surface area contributed by atoms with E-state index >= 15 is 0 Å². The van der Waals surface area contributed by atoms with E-state index in [1.54, 1.807) is 12.1 Å². The highest BCUT2D eigenvalue weighted by molar-refractivity contribution is 8.00. The second kappa shape index (κ2) is 11.6. The van der Waals surface area contributed by atoms with Crippen LogP contribution in [0.1, 0.15) is 36.2 Å². The van der Waals surface area contributed by atoms with E-state index in [1.165, 1.54) is 18.7 Å². The molecule has 0 heterocycles. The molecule has 3 aromatic rings. The lowest BCUT2D eigenvalue weighted by Gasteiger charge is -2.17. The number of carbonyl (C=O) groups excluding carboxylic acids is 2. The summed E-state index contributed by atoms with van der Waals surface area (Å²) in [6.07, 6.45) is 0.705. The molecular weight excluding hydrogens is 450 g/mol. The van der Waals surface area contributed by atoms with E-state index in [0.717, 1.165) is 27.5 Å². The van der Waals surface area contributed by atoms with Crippen molar-refractivity contribution in [2.24, 2.45) is 0 Å². The SMILES string of the molecule is CCC(Sc1cccc(NC(=S)Nc2ccc(C(C)=O)cc2)c1)C(=O)Nc1ccccc1C. The Morgan fingerprint density at radius 3 is 2.27 bits per heavy atom. The molecule has 0 aliphatic rings. The van der Waals surface area contributed by atoms with Gasteiger partial charge in [-0.2, -0.15) is 0 Å². The largest absolute Gasteiger partial charge is 0.332 e. The molecule has 0 aliphatic carbocycles. The molecule has 0 aliphatic heterocycles. The number of amides is 1. The highest BCUT2D eigenvalue weighted by Crippen LogP contribution is 2.29. The van der Waals surface area contributed by atoms with Gasteiger partial charge in [0.15, 0.2) is 10.9 Å². The van der Waals surface area contributed by atoms with Crippen molar-refractivity contribution >= 4 is 57.8 Å². The summed E-state index contributed by atoms with van der Waals surface area (Å²) in [7, 11) is 0. The van der Waals surface area contributed by atoms with Crippen LogP contribution in [0.4, 0.5) is 17.1 Å². The molecule has 5 nitrogen and oxygen atoms in total. The third-order valence-electron chi connectivity index (χ3n) is 4.99. The molecular formula is C26H27N3O2S2. The van der Waals surface area contributed by atoms with Crippen molar-refractivity contribution in [3.63, 3.8) is 0 Å². The standard InChI is InChI=1S/C26H27N3O2S2/c1-4-24(25(31)29-23-11-6-5-8-17(23)2)33-22-10-7-9-21(16-22)28-26(32)27-20-14-12-19(13-15-20)18(3)30/h5-16,24H,4H2,1-3H3,(H,29,31)(H2,27,28,32). The zero-order valence-electron chi connectivity index (χ0n) is 18.8. The van der Waals surface area contributed by atoms with E-state index in [-0.39, 0.29) is 16.9 Å². The lowest BCUT2D eigenvalue weighted by atomic mass is 10.1. The van der Waals surface area contributed by atoms with Gasteiger partial charge in [-0.15, -0.1) is 11.8 Å². The van der Waals surface area contributed by atoms with Crippen LogP contribution in [0.2, 0.25) is 0 Å². The smallest absolute Gasteiger partial charge is 0.237 e. The normalized spacial score (nSPS) is 11.4. The van der Waals surface area contributed by atoms with Crippen molar-refractivity contribution in [3.8, 4) is 0 Å². The Morgan fingerprint density at radius 1 is 0.909 bits per heavy atom. The van der Waals surface area contributed by atoms with Crippen LogP contribution < -0.4 is 16.0 Å². The van der Waals surface area contributed by atoms with Gasteiger partial charge in [0.1, 0.15) is 0 Å². The Labute approximate surface area is 204 Å². The minimum absolute atomic E-state index is 0.0126. The number of hydrogen-bond donors (Lipinski definition) is 3. The summed E-state index contributed by atoms with van der Waals surface area (Å²) in [6, 6.07) is 22.7. The number of aryl methyl sites for hydroxylation is 1. The molecule has 0 saturated carbocycles. The number of ketones is 1. The lowest BCUT2D eigenvalue weighted by Crippen LogP contribution is -2.25. The van der Waals surface area contributed by atoms with Gasteiger partial charge in [-0.1, -0.05) is 31.2 Å².